The molecule has 0 aliphatic carbocycles. The average molecular weight is 332 g/mol. The normalized spacial score (nSPS) is 10.8. The van der Waals surface area contributed by atoms with Crippen LogP contribution in [0.1, 0.15) is 5.56 Å². The molecule has 4 N–H and O–H groups in total. The number of carbonyl (C=O) groups is 1. The number of benzene rings is 1. The molecule has 1 aromatic heterocycles. The van der Waals surface area contributed by atoms with Gasteiger partial charge in [-0.2, -0.15) is 13.2 Å². The maximum atomic E-state index is 11.2. The van der Waals surface area contributed by atoms with Gasteiger partial charge < -0.3 is 20.6 Å². The van der Waals surface area contributed by atoms with Gasteiger partial charge in [0.05, 0.1) is 12.6 Å². The van der Waals surface area contributed by atoms with Crippen LogP contribution >= 0.6 is 0 Å². The second-order valence-electron chi connectivity index (χ2n) is 4.42. The third-order valence-electron chi connectivity index (χ3n) is 2.76. The summed E-state index contributed by atoms with van der Waals surface area (Å²) in [5, 5.41) is 8.03. The number of aromatic nitrogens is 1. The molecule has 0 aliphatic rings. The van der Waals surface area contributed by atoms with Gasteiger partial charge >= 0.3 is 12.1 Å². The Balaban J connectivity index is 0.000000322. The first-order valence-electron chi connectivity index (χ1n) is 6.39. The van der Waals surface area contributed by atoms with E-state index in [1.54, 1.807) is 13.2 Å². The van der Waals surface area contributed by atoms with Gasteiger partial charge in [0, 0.05) is 11.5 Å². The topological polar surface area (TPSA) is 105 Å². The lowest BCUT2D eigenvalue weighted by molar-refractivity contribution is -0.192. The summed E-state index contributed by atoms with van der Waals surface area (Å²) in [6.45, 7) is 0.575. The van der Waals surface area contributed by atoms with Gasteiger partial charge in [0.25, 0.3) is 0 Å². The van der Waals surface area contributed by atoms with Crippen molar-refractivity contribution in [1.29, 1.82) is 0 Å². The largest absolute Gasteiger partial charge is 0.496 e. The SMILES string of the molecule is COc1cc(CCN)cc2[nH]c(=O)ccc12.O=C(O)C(F)(F)F. The average Bonchev–Trinajstić information content (AvgIpc) is 2.46. The van der Waals surface area contributed by atoms with Crippen molar-refractivity contribution in [1.82, 2.24) is 4.98 Å². The predicted octanol–water partition coefficient (Wildman–Crippen LogP) is 1.67. The number of pyridine rings is 1. The minimum atomic E-state index is -5.08. The fraction of sp³-hybridized carbons (Fsp3) is 0.286. The van der Waals surface area contributed by atoms with E-state index in [0.717, 1.165) is 28.6 Å². The molecule has 126 valence electrons. The standard InChI is InChI=1S/C12H14N2O2.C2HF3O2/c1-16-11-7-8(4-5-13)6-10-9(11)2-3-12(15)14-10;3-2(4,5)1(6)7/h2-3,6-7H,4-5,13H2,1H3,(H,14,15);(H,6,7). The molecule has 0 spiro atoms. The summed E-state index contributed by atoms with van der Waals surface area (Å²) >= 11 is 0. The lowest BCUT2D eigenvalue weighted by atomic mass is 10.1. The van der Waals surface area contributed by atoms with Crippen molar-refractivity contribution in [3.05, 3.63) is 40.2 Å². The maximum Gasteiger partial charge on any atom is 0.490 e. The highest BCUT2D eigenvalue weighted by atomic mass is 19.4. The van der Waals surface area contributed by atoms with E-state index in [2.05, 4.69) is 4.98 Å². The first kappa shape index (κ1) is 18.5. The van der Waals surface area contributed by atoms with Crippen LogP contribution < -0.4 is 16.0 Å². The Hall–Kier alpha value is -2.55. The highest BCUT2D eigenvalue weighted by Crippen LogP contribution is 2.25. The molecule has 0 saturated carbocycles. The molecule has 0 fully saturated rings. The molecule has 0 saturated heterocycles. The Morgan fingerprint density at radius 1 is 1.35 bits per heavy atom. The van der Waals surface area contributed by atoms with Crippen molar-refractivity contribution >= 4 is 16.9 Å². The van der Waals surface area contributed by atoms with Crippen molar-refractivity contribution in [2.75, 3.05) is 13.7 Å². The molecule has 0 amide bonds. The Morgan fingerprint density at radius 3 is 2.43 bits per heavy atom. The summed E-state index contributed by atoms with van der Waals surface area (Å²) in [6, 6.07) is 7.15. The molecule has 6 nitrogen and oxygen atoms in total. The molecule has 2 rings (SSSR count). The highest BCUT2D eigenvalue weighted by molar-refractivity contribution is 5.85. The molecule has 1 heterocycles. The zero-order valence-electron chi connectivity index (χ0n) is 12.1. The van der Waals surface area contributed by atoms with E-state index in [0.29, 0.717) is 6.54 Å². The van der Waals surface area contributed by atoms with Gasteiger partial charge in [0.1, 0.15) is 5.75 Å². The number of aromatic amines is 1. The molecule has 2 aromatic rings. The van der Waals surface area contributed by atoms with Gasteiger partial charge in [-0.3, -0.25) is 4.79 Å². The number of rotatable bonds is 3. The third-order valence-corrected chi connectivity index (χ3v) is 2.76. The number of halogens is 3. The van der Waals surface area contributed by atoms with Crippen LogP contribution in [0.2, 0.25) is 0 Å². The van der Waals surface area contributed by atoms with Gasteiger partial charge in [-0.15, -0.1) is 0 Å². The Morgan fingerprint density at radius 2 is 1.96 bits per heavy atom. The van der Waals surface area contributed by atoms with Gasteiger partial charge in [-0.05, 0) is 36.7 Å². The number of fused-ring (bicyclic) bond motifs is 1. The minimum absolute atomic E-state index is 0.112. The number of aliphatic carboxylic acids is 1. The number of hydrogen-bond acceptors (Lipinski definition) is 4. The number of carboxylic acid groups (broad SMARTS) is 1. The maximum absolute atomic E-state index is 11.2. The van der Waals surface area contributed by atoms with Crippen LogP contribution in [0.3, 0.4) is 0 Å². The molecule has 0 atom stereocenters. The van der Waals surface area contributed by atoms with Crippen LogP contribution in [-0.4, -0.2) is 35.9 Å². The van der Waals surface area contributed by atoms with Crippen LogP contribution in [0.15, 0.2) is 29.1 Å². The number of H-pyrrole nitrogens is 1. The zero-order chi connectivity index (χ0) is 17.6. The molecule has 1 aromatic carbocycles. The number of hydrogen-bond donors (Lipinski definition) is 3. The first-order chi connectivity index (χ1) is 10.7. The van der Waals surface area contributed by atoms with Gasteiger partial charge in [0.15, 0.2) is 0 Å². The molecule has 0 radical (unpaired) electrons. The number of nitrogens with two attached hydrogens (primary N) is 1. The molecular weight excluding hydrogens is 317 g/mol. The van der Waals surface area contributed by atoms with E-state index in [9.17, 15) is 18.0 Å². The van der Waals surface area contributed by atoms with E-state index in [1.165, 1.54) is 6.07 Å². The van der Waals surface area contributed by atoms with Crippen LogP contribution in [0.4, 0.5) is 13.2 Å². The predicted molar refractivity (Wildman–Crippen MR) is 77.6 cm³/mol. The summed E-state index contributed by atoms with van der Waals surface area (Å²) in [6.07, 6.45) is -4.32. The summed E-state index contributed by atoms with van der Waals surface area (Å²) in [5.41, 5.74) is 7.25. The number of ether oxygens (including phenoxy) is 1. The summed E-state index contributed by atoms with van der Waals surface area (Å²) < 4.78 is 37.0. The lowest BCUT2D eigenvalue weighted by Gasteiger charge is -2.08. The van der Waals surface area contributed by atoms with Crippen LogP contribution in [0, 0.1) is 0 Å². The number of carboxylic acids is 1. The van der Waals surface area contributed by atoms with E-state index >= 15 is 0 Å². The second-order valence-corrected chi connectivity index (χ2v) is 4.42. The molecule has 0 bridgehead atoms. The Kier molecular flexibility index (Phi) is 6.14. The van der Waals surface area contributed by atoms with Crippen LogP contribution in [-0.2, 0) is 11.2 Å². The molecule has 0 unspecified atom stereocenters. The van der Waals surface area contributed by atoms with Crippen molar-refractivity contribution < 1.29 is 27.8 Å². The summed E-state index contributed by atoms with van der Waals surface area (Å²) in [4.78, 5) is 22.9. The van der Waals surface area contributed by atoms with E-state index in [-0.39, 0.29) is 5.56 Å². The van der Waals surface area contributed by atoms with Gasteiger partial charge in [0.2, 0.25) is 5.56 Å². The van der Waals surface area contributed by atoms with E-state index in [4.69, 9.17) is 20.4 Å². The number of alkyl halides is 3. The fourth-order valence-corrected chi connectivity index (χ4v) is 1.77. The monoisotopic (exact) mass is 332 g/mol. The zero-order valence-corrected chi connectivity index (χ0v) is 12.1. The molecular formula is C14H15F3N2O4. The van der Waals surface area contributed by atoms with Crippen LogP contribution in [0.5, 0.6) is 5.75 Å². The van der Waals surface area contributed by atoms with Gasteiger partial charge in [-0.1, -0.05) is 0 Å². The van der Waals surface area contributed by atoms with Crippen LogP contribution in [0.25, 0.3) is 10.9 Å². The van der Waals surface area contributed by atoms with Crippen molar-refractivity contribution in [2.24, 2.45) is 5.73 Å². The quantitative estimate of drug-likeness (QED) is 0.793. The Bertz CT molecular complexity index is 741. The van der Waals surface area contributed by atoms with E-state index in [1.807, 2.05) is 12.1 Å². The number of methoxy groups -OCH3 is 1. The number of nitrogens with one attached hydrogen (secondary N) is 1. The molecule has 0 aliphatic heterocycles. The van der Waals surface area contributed by atoms with Crippen molar-refractivity contribution in [3.8, 4) is 5.75 Å². The fourth-order valence-electron chi connectivity index (χ4n) is 1.77. The molecule has 23 heavy (non-hydrogen) atoms. The third kappa shape index (κ3) is 5.29. The Labute approximate surface area is 128 Å². The van der Waals surface area contributed by atoms with Crippen molar-refractivity contribution in [3.63, 3.8) is 0 Å². The highest BCUT2D eigenvalue weighted by Gasteiger charge is 2.38. The first-order valence-corrected chi connectivity index (χ1v) is 6.39. The smallest absolute Gasteiger partial charge is 0.490 e. The summed E-state index contributed by atoms with van der Waals surface area (Å²) in [7, 11) is 1.62. The minimum Gasteiger partial charge on any atom is -0.496 e. The summed E-state index contributed by atoms with van der Waals surface area (Å²) in [5.74, 6) is -2.00. The second kappa shape index (κ2) is 7.63. The molecule has 9 heteroatoms. The van der Waals surface area contributed by atoms with Crippen molar-refractivity contribution in [2.45, 2.75) is 12.6 Å². The van der Waals surface area contributed by atoms with Gasteiger partial charge in [-0.25, -0.2) is 4.79 Å². The van der Waals surface area contributed by atoms with E-state index < -0.39 is 12.1 Å². The lowest BCUT2D eigenvalue weighted by Crippen LogP contribution is -2.21.